The van der Waals surface area contributed by atoms with Crippen LogP contribution in [0, 0.1) is 0 Å². The Morgan fingerprint density at radius 3 is 0.968 bits per heavy atom. The summed E-state index contributed by atoms with van der Waals surface area (Å²) < 4.78 is 0. The molecule has 0 rings (SSSR count). The molecule has 0 aromatic rings. The summed E-state index contributed by atoms with van der Waals surface area (Å²) >= 11 is 0. The summed E-state index contributed by atoms with van der Waals surface area (Å²) in [5.41, 5.74) is 0. The molecule has 0 heterocycles. The highest BCUT2D eigenvalue weighted by molar-refractivity contribution is 5.80. The zero-order valence-corrected chi connectivity index (χ0v) is 41.9. The van der Waals surface area contributed by atoms with Crippen LogP contribution in [0.4, 0.5) is 0 Å². The van der Waals surface area contributed by atoms with E-state index in [0.29, 0.717) is 12.8 Å². The maximum absolute atomic E-state index is 12.5. The topological polar surface area (TPSA) is 110 Å². The zero-order valence-electron chi connectivity index (χ0n) is 41.9. The fourth-order valence-electron chi connectivity index (χ4n) is 9.06. The van der Waals surface area contributed by atoms with Crippen LogP contribution in [0.1, 0.15) is 309 Å². The molecule has 0 bridgehead atoms. The normalized spacial score (nSPS) is 13.8. The van der Waals surface area contributed by atoms with Gasteiger partial charge in [0, 0.05) is 0 Å². The second-order valence-corrected chi connectivity index (χ2v) is 19.6. The first kappa shape index (κ1) is 61.0. The predicted molar refractivity (Wildman–Crippen MR) is 270 cm³/mol. The number of hydrogen-bond donors (Lipinski definition) is 5. The van der Waals surface area contributed by atoms with Crippen LogP contribution in [-0.4, -0.2) is 57.3 Å². The van der Waals surface area contributed by atoms with Crippen molar-refractivity contribution >= 4 is 5.91 Å². The van der Waals surface area contributed by atoms with Crippen molar-refractivity contribution in [1.82, 2.24) is 5.32 Å². The van der Waals surface area contributed by atoms with Crippen LogP contribution in [0.5, 0.6) is 0 Å². The van der Waals surface area contributed by atoms with Gasteiger partial charge in [-0.25, -0.2) is 0 Å². The summed E-state index contributed by atoms with van der Waals surface area (Å²) in [6, 6.07) is -0.997. The van der Waals surface area contributed by atoms with Gasteiger partial charge in [-0.3, -0.25) is 4.79 Å². The van der Waals surface area contributed by atoms with E-state index in [4.69, 9.17) is 0 Å². The first-order chi connectivity index (χ1) is 30.5. The minimum Gasteiger partial charge on any atom is -0.394 e. The van der Waals surface area contributed by atoms with Crippen molar-refractivity contribution < 1.29 is 25.2 Å². The molecule has 4 atom stereocenters. The van der Waals surface area contributed by atoms with E-state index in [1.165, 1.54) is 244 Å². The standard InChI is InChI=1S/C56H111NO5/c1-3-5-7-9-11-13-15-17-18-19-20-21-22-23-24-25-26-27-28-29-30-31-32-33-34-35-36-37-38-40-42-44-46-48-50-54(60)56(62)57-52(51-58)55(61)53(59)49-47-45-43-41-39-16-14-12-10-8-6-4-2/h41,43,52-55,58-61H,3-40,42,44-51H2,1-2H3,(H,57,62)/b43-41+. The van der Waals surface area contributed by atoms with Gasteiger partial charge >= 0.3 is 0 Å². The molecule has 5 N–H and O–H groups in total. The van der Waals surface area contributed by atoms with Gasteiger partial charge in [0.25, 0.3) is 0 Å². The average molecular weight is 879 g/mol. The minimum atomic E-state index is -1.28. The van der Waals surface area contributed by atoms with Gasteiger partial charge in [0.2, 0.25) is 5.91 Å². The maximum atomic E-state index is 12.5. The van der Waals surface area contributed by atoms with E-state index >= 15 is 0 Å². The fourth-order valence-corrected chi connectivity index (χ4v) is 9.06. The largest absolute Gasteiger partial charge is 0.394 e. The first-order valence-electron chi connectivity index (χ1n) is 28.1. The molecule has 62 heavy (non-hydrogen) atoms. The number of hydrogen-bond acceptors (Lipinski definition) is 5. The van der Waals surface area contributed by atoms with Gasteiger partial charge in [-0.2, -0.15) is 0 Å². The van der Waals surface area contributed by atoms with E-state index in [1.54, 1.807) is 0 Å². The number of aliphatic hydroxyl groups excluding tert-OH is 4. The predicted octanol–water partition coefficient (Wildman–Crippen LogP) is 16.1. The van der Waals surface area contributed by atoms with Crippen molar-refractivity contribution in [3.05, 3.63) is 12.2 Å². The number of nitrogens with one attached hydrogen (secondary N) is 1. The summed E-state index contributed by atoms with van der Waals surface area (Å²) in [4.78, 5) is 12.5. The van der Waals surface area contributed by atoms with E-state index in [-0.39, 0.29) is 0 Å². The fraction of sp³-hybridized carbons (Fsp3) is 0.946. The number of unbranched alkanes of at least 4 members (excludes halogenated alkanes) is 41. The maximum Gasteiger partial charge on any atom is 0.249 e. The van der Waals surface area contributed by atoms with Gasteiger partial charge in [0.1, 0.15) is 12.2 Å². The molecule has 0 aliphatic heterocycles. The van der Waals surface area contributed by atoms with Crippen LogP contribution in [-0.2, 0) is 4.79 Å². The molecule has 0 fully saturated rings. The average Bonchev–Trinajstić information content (AvgIpc) is 3.28. The lowest BCUT2D eigenvalue weighted by Gasteiger charge is -2.27. The van der Waals surface area contributed by atoms with E-state index in [0.717, 1.165) is 38.5 Å². The Hall–Kier alpha value is -0.950. The third-order valence-electron chi connectivity index (χ3n) is 13.5. The summed E-state index contributed by atoms with van der Waals surface area (Å²) in [5, 5.41) is 43.7. The quantitative estimate of drug-likeness (QED) is 0.0309. The Morgan fingerprint density at radius 1 is 0.387 bits per heavy atom. The molecule has 6 heteroatoms. The smallest absolute Gasteiger partial charge is 0.249 e. The summed E-state index contributed by atoms with van der Waals surface area (Å²) in [5.74, 6) is -0.588. The number of amides is 1. The van der Waals surface area contributed by atoms with Crippen molar-refractivity contribution in [2.24, 2.45) is 0 Å². The highest BCUT2D eigenvalue weighted by Crippen LogP contribution is 2.18. The van der Waals surface area contributed by atoms with Crippen molar-refractivity contribution in [2.45, 2.75) is 334 Å². The summed E-state index contributed by atoms with van der Waals surface area (Å²) in [6.45, 7) is 4.05. The lowest BCUT2D eigenvalue weighted by Crippen LogP contribution is -2.53. The lowest BCUT2D eigenvalue weighted by atomic mass is 10.00. The SMILES string of the molecule is CCCCCCCCC/C=C/CCCC(O)C(O)C(CO)NC(=O)C(O)CCCCCCCCCCCCCCCCCCCCCCCCCCCCCCCCCCCC. The number of rotatable bonds is 52. The molecular formula is C56H111NO5. The third-order valence-corrected chi connectivity index (χ3v) is 13.5. The molecule has 0 aliphatic rings. The molecule has 0 saturated heterocycles. The zero-order chi connectivity index (χ0) is 45.2. The Balaban J connectivity index is 3.50. The van der Waals surface area contributed by atoms with Crippen molar-refractivity contribution in [3.63, 3.8) is 0 Å². The lowest BCUT2D eigenvalue weighted by molar-refractivity contribution is -0.132. The van der Waals surface area contributed by atoms with Gasteiger partial charge in [-0.15, -0.1) is 0 Å². The van der Waals surface area contributed by atoms with Gasteiger partial charge in [0.05, 0.1) is 18.8 Å². The second kappa shape index (κ2) is 51.0. The van der Waals surface area contributed by atoms with E-state index in [9.17, 15) is 25.2 Å². The van der Waals surface area contributed by atoms with Crippen molar-refractivity contribution in [1.29, 1.82) is 0 Å². The van der Waals surface area contributed by atoms with Crippen LogP contribution in [0.2, 0.25) is 0 Å². The Kier molecular flexibility index (Phi) is 50.3. The first-order valence-corrected chi connectivity index (χ1v) is 28.1. The molecule has 1 amide bonds. The number of carbonyl (C=O) groups is 1. The molecule has 0 saturated carbocycles. The molecule has 0 aromatic carbocycles. The van der Waals surface area contributed by atoms with Gasteiger partial charge in [-0.05, 0) is 38.5 Å². The molecule has 0 aromatic heterocycles. The monoisotopic (exact) mass is 878 g/mol. The minimum absolute atomic E-state index is 0.368. The number of aliphatic hydroxyl groups is 4. The van der Waals surface area contributed by atoms with E-state index < -0.39 is 36.9 Å². The van der Waals surface area contributed by atoms with Gasteiger partial charge in [-0.1, -0.05) is 283 Å². The molecule has 0 radical (unpaired) electrons. The number of carbonyl (C=O) groups excluding carboxylic acids is 1. The molecule has 370 valence electrons. The van der Waals surface area contributed by atoms with Crippen LogP contribution < -0.4 is 5.32 Å². The number of allylic oxidation sites excluding steroid dienone is 2. The van der Waals surface area contributed by atoms with Gasteiger partial charge < -0.3 is 25.7 Å². The van der Waals surface area contributed by atoms with Crippen LogP contribution >= 0.6 is 0 Å². The Labute approximate surface area is 387 Å². The van der Waals surface area contributed by atoms with Crippen LogP contribution in [0.25, 0.3) is 0 Å². The molecule has 0 spiro atoms. The summed E-state index contributed by atoms with van der Waals surface area (Å²) in [6.07, 6.45) is 60.2. The van der Waals surface area contributed by atoms with E-state index in [1.807, 2.05) is 0 Å². The van der Waals surface area contributed by atoms with E-state index in [2.05, 4.69) is 31.3 Å². The van der Waals surface area contributed by atoms with Gasteiger partial charge in [0.15, 0.2) is 0 Å². The molecule has 6 nitrogen and oxygen atoms in total. The second-order valence-electron chi connectivity index (χ2n) is 19.6. The van der Waals surface area contributed by atoms with Crippen LogP contribution in [0.3, 0.4) is 0 Å². The molecule has 4 unspecified atom stereocenters. The van der Waals surface area contributed by atoms with Crippen molar-refractivity contribution in [3.8, 4) is 0 Å². The Morgan fingerprint density at radius 2 is 0.661 bits per heavy atom. The highest BCUT2D eigenvalue weighted by Gasteiger charge is 2.28. The van der Waals surface area contributed by atoms with Crippen molar-refractivity contribution in [2.75, 3.05) is 6.61 Å². The molecule has 0 aliphatic carbocycles. The third kappa shape index (κ3) is 44.3. The Bertz CT molecular complexity index is 898. The van der Waals surface area contributed by atoms with Crippen LogP contribution in [0.15, 0.2) is 12.2 Å². The molecular weight excluding hydrogens is 767 g/mol. The summed E-state index contributed by atoms with van der Waals surface area (Å²) in [7, 11) is 0. The highest BCUT2D eigenvalue weighted by atomic mass is 16.3.